The van der Waals surface area contributed by atoms with E-state index in [1.165, 1.54) is 24.8 Å². The van der Waals surface area contributed by atoms with E-state index >= 15 is 0 Å². The number of allylic oxidation sites excluding steroid dienone is 2. The van der Waals surface area contributed by atoms with Gasteiger partial charge in [-0.1, -0.05) is 42.5 Å². The van der Waals surface area contributed by atoms with Crippen molar-refractivity contribution in [2.45, 2.75) is 32.2 Å². The van der Waals surface area contributed by atoms with Gasteiger partial charge in [0.2, 0.25) is 0 Å². The second kappa shape index (κ2) is 10.8. The molecule has 1 heterocycles. The molecule has 1 aromatic rings. The number of nitrogens with one attached hydrogen (secondary N) is 1. The molecule has 0 spiro atoms. The van der Waals surface area contributed by atoms with E-state index in [1.807, 2.05) is 0 Å². The second-order valence-corrected chi connectivity index (χ2v) is 8.02. The number of rotatable bonds is 7. The Labute approximate surface area is 169 Å². The van der Waals surface area contributed by atoms with E-state index in [9.17, 15) is 0 Å². The molecule has 0 saturated carbocycles. The molecule has 1 fully saturated rings. The third-order valence-electron chi connectivity index (χ3n) is 5.57. The predicted octanol–water partition coefficient (Wildman–Crippen LogP) is 3.61. The lowest BCUT2D eigenvalue weighted by molar-refractivity contribution is 0.0354. The van der Waals surface area contributed by atoms with Crippen molar-refractivity contribution in [3.63, 3.8) is 0 Å². The van der Waals surface area contributed by atoms with Crippen LogP contribution in [0.25, 0.3) is 0 Å². The van der Waals surface area contributed by atoms with E-state index in [4.69, 9.17) is 17.0 Å². The molecule has 3 rings (SSSR count). The summed E-state index contributed by atoms with van der Waals surface area (Å²) in [5.41, 5.74) is 1.27. The van der Waals surface area contributed by atoms with Crippen LogP contribution in [0.3, 0.4) is 0 Å². The SMILES string of the molecule is CC(NC(=S)N(CCN1CCOCC1)CC1CC=CCC1)c1ccccc1. The fourth-order valence-electron chi connectivity index (χ4n) is 3.80. The van der Waals surface area contributed by atoms with Crippen LogP contribution in [0.15, 0.2) is 42.5 Å². The fourth-order valence-corrected chi connectivity index (χ4v) is 4.14. The van der Waals surface area contributed by atoms with Gasteiger partial charge in [-0.15, -0.1) is 0 Å². The first kappa shape index (κ1) is 20.3. The third kappa shape index (κ3) is 6.59. The summed E-state index contributed by atoms with van der Waals surface area (Å²) in [6, 6.07) is 10.8. The van der Waals surface area contributed by atoms with Crippen LogP contribution in [-0.4, -0.2) is 60.8 Å². The van der Waals surface area contributed by atoms with Gasteiger partial charge in [0.25, 0.3) is 0 Å². The molecule has 1 N–H and O–H groups in total. The van der Waals surface area contributed by atoms with Gasteiger partial charge in [-0.2, -0.15) is 0 Å². The highest BCUT2D eigenvalue weighted by atomic mass is 32.1. The van der Waals surface area contributed by atoms with Crippen molar-refractivity contribution in [2.75, 3.05) is 45.9 Å². The zero-order chi connectivity index (χ0) is 18.9. The summed E-state index contributed by atoms with van der Waals surface area (Å²) in [4.78, 5) is 4.88. The molecule has 1 saturated heterocycles. The second-order valence-electron chi connectivity index (χ2n) is 7.63. The van der Waals surface area contributed by atoms with E-state index in [0.29, 0.717) is 5.92 Å². The van der Waals surface area contributed by atoms with Crippen molar-refractivity contribution in [3.8, 4) is 0 Å². The van der Waals surface area contributed by atoms with Gasteiger partial charge >= 0.3 is 0 Å². The Hall–Kier alpha value is -1.43. The number of hydrogen-bond acceptors (Lipinski definition) is 3. The van der Waals surface area contributed by atoms with E-state index in [0.717, 1.165) is 51.0 Å². The van der Waals surface area contributed by atoms with Crippen LogP contribution in [0.1, 0.15) is 37.8 Å². The van der Waals surface area contributed by atoms with Crippen LogP contribution in [0.4, 0.5) is 0 Å². The zero-order valence-corrected chi connectivity index (χ0v) is 17.3. The molecule has 2 unspecified atom stereocenters. The van der Waals surface area contributed by atoms with E-state index < -0.39 is 0 Å². The first-order valence-electron chi connectivity index (χ1n) is 10.3. The van der Waals surface area contributed by atoms with Crippen molar-refractivity contribution >= 4 is 17.3 Å². The molecule has 148 valence electrons. The Bertz CT molecular complexity index is 601. The summed E-state index contributed by atoms with van der Waals surface area (Å²) >= 11 is 5.84. The molecule has 5 heteroatoms. The Morgan fingerprint density at radius 2 is 2.04 bits per heavy atom. The number of hydrogen-bond donors (Lipinski definition) is 1. The Kier molecular flexibility index (Phi) is 8.11. The van der Waals surface area contributed by atoms with Crippen LogP contribution in [0.2, 0.25) is 0 Å². The molecule has 27 heavy (non-hydrogen) atoms. The fraction of sp³-hybridized carbons (Fsp3) is 0.591. The van der Waals surface area contributed by atoms with E-state index in [2.05, 4.69) is 64.5 Å². The van der Waals surface area contributed by atoms with Crippen molar-refractivity contribution in [2.24, 2.45) is 5.92 Å². The molecule has 0 radical (unpaired) electrons. The summed E-state index contributed by atoms with van der Waals surface area (Å²) in [5, 5.41) is 4.45. The van der Waals surface area contributed by atoms with Crippen LogP contribution in [-0.2, 0) is 4.74 Å². The monoisotopic (exact) mass is 387 g/mol. The first-order valence-corrected chi connectivity index (χ1v) is 10.7. The number of ether oxygens (including phenoxy) is 1. The molecular formula is C22H33N3OS. The molecule has 4 nitrogen and oxygen atoms in total. The summed E-state index contributed by atoms with van der Waals surface area (Å²) in [6.45, 7) is 9.01. The van der Waals surface area contributed by atoms with Gasteiger partial charge in [0.1, 0.15) is 0 Å². The summed E-state index contributed by atoms with van der Waals surface area (Å²) in [6.07, 6.45) is 8.27. The molecule has 2 aliphatic rings. The highest BCUT2D eigenvalue weighted by Crippen LogP contribution is 2.20. The van der Waals surface area contributed by atoms with Crippen LogP contribution in [0.5, 0.6) is 0 Å². The summed E-state index contributed by atoms with van der Waals surface area (Å²) in [7, 11) is 0. The minimum absolute atomic E-state index is 0.218. The predicted molar refractivity (Wildman–Crippen MR) is 116 cm³/mol. The molecular weight excluding hydrogens is 354 g/mol. The third-order valence-corrected chi connectivity index (χ3v) is 5.95. The highest BCUT2D eigenvalue weighted by Gasteiger charge is 2.20. The minimum Gasteiger partial charge on any atom is -0.379 e. The van der Waals surface area contributed by atoms with Gasteiger partial charge in [-0.05, 0) is 49.9 Å². The van der Waals surface area contributed by atoms with E-state index in [1.54, 1.807) is 0 Å². The molecule has 1 aliphatic heterocycles. The van der Waals surface area contributed by atoms with Crippen LogP contribution in [0, 0.1) is 5.92 Å². The largest absolute Gasteiger partial charge is 0.379 e. The summed E-state index contributed by atoms with van der Waals surface area (Å²) in [5.74, 6) is 0.700. The highest BCUT2D eigenvalue weighted by molar-refractivity contribution is 7.80. The molecule has 0 amide bonds. The first-order chi connectivity index (χ1) is 13.2. The number of thiocarbonyl (C=S) groups is 1. The van der Waals surface area contributed by atoms with Crippen LogP contribution < -0.4 is 5.32 Å². The van der Waals surface area contributed by atoms with Crippen molar-refractivity contribution in [1.82, 2.24) is 15.1 Å². The van der Waals surface area contributed by atoms with Crippen molar-refractivity contribution < 1.29 is 4.74 Å². The molecule has 2 atom stereocenters. The quantitative estimate of drug-likeness (QED) is 0.570. The molecule has 0 bridgehead atoms. The zero-order valence-electron chi connectivity index (χ0n) is 16.5. The van der Waals surface area contributed by atoms with E-state index in [-0.39, 0.29) is 6.04 Å². The maximum absolute atomic E-state index is 5.84. The molecule has 0 aromatic heterocycles. The Balaban J connectivity index is 1.58. The Morgan fingerprint density at radius 1 is 1.26 bits per heavy atom. The topological polar surface area (TPSA) is 27.7 Å². The van der Waals surface area contributed by atoms with Crippen LogP contribution >= 0.6 is 12.2 Å². The smallest absolute Gasteiger partial charge is 0.169 e. The van der Waals surface area contributed by atoms with Gasteiger partial charge in [0, 0.05) is 32.7 Å². The molecule has 1 aliphatic carbocycles. The van der Waals surface area contributed by atoms with Gasteiger partial charge in [-0.25, -0.2) is 0 Å². The maximum atomic E-state index is 5.84. The van der Waals surface area contributed by atoms with Gasteiger partial charge < -0.3 is 15.0 Å². The Morgan fingerprint density at radius 3 is 2.74 bits per heavy atom. The lowest BCUT2D eigenvalue weighted by atomic mass is 9.94. The number of morpholine rings is 1. The average molecular weight is 388 g/mol. The maximum Gasteiger partial charge on any atom is 0.169 e. The average Bonchev–Trinajstić information content (AvgIpc) is 2.73. The van der Waals surface area contributed by atoms with Gasteiger partial charge in [0.05, 0.1) is 19.3 Å². The lowest BCUT2D eigenvalue weighted by Crippen LogP contribution is -2.48. The number of nitrogens with zero attached hydrogens (tertiary/aromatic N) is 2. The lowest BCUT2D eigenvalue weighted by Gasteiger charge is -2.34. The van der Waals surface area contributed by atoms with Gasteiger partial charge in [-0.3, -0.25) is 4.90 Å². The normalized spacial score (nSPS) is 21.6. The van der Waals surface area contributed by atoms with Gasteiger partial charge in [0.15, 0.2) is 5.11 Å². The minimum atomic E-state index is 0.218. The number of benzene rings is 1. The van der Waals surface area contributed by atoms with Crippen molar-refractivity contribution in [1.29, 1.82) is 0 Å². The standard InChI is InChI=1S/C22H33N3OS/c1-19(21-10-6-3-7-11-21)23-22(27)25(18-20-8-4-2-5-9-20)13-12-24-14-16-26-17-15-24/h2-4,6-7,10-11,19-20H,5,8-9,12-18H2,1H3,(H,23,27). The summed E-state index contributed by atoms with van der Waals surface area (Å²) < 4.78 is 5.48. The van der Waals surface area contributed by atoms with Crippen molar-refractivity contribution in [3.05, 3.63) is 48.0 Å². The molecule has 1 aromatic carbocycles.